The Labute approximate surface area is 131 Å². The van der Waals surface area contributed by atoms with E-state index in [0.717, 1.165) is 13.2 Å². The summed E-state index contributed by atoms with van der Waals surface area (Å²) in [6.07, 6.45) is 0. The number of nitro groups is 1. The zero-order valence-corrected chi connectivity index (χ0v) is 12.2. The lowest BCUT2D eigenvalue weighted by Gasteiger charge is -2.13. The Bertz CT molecular complexity index is 750. The van der Waals surface area contributed by atoms with E-state index in [4.69, 9.17) is 5.73 Å². The Balaban J connectivity index is 2.46. The van der Waals surface area contributed by atoms with Crippen LogP contribution in [0.4, 0.5) is 21.5 Å². The molecule has 0 amide bonds. The number of halogens is 1. The smallest absolute Gasteiger partial charge is 0.338 e. The lowest BCUT2D eigenvalue weighted by atomic mass is 10.0. The third kappa shape index (κ3) is 3.37. The zero-order valence-electron chi connectivity index (χ0n) is 12.2. The number of carbonyl (C=O) groups is 1. The van der Waals surface area contributed by atoms with Crippen molar-refractivity contribution < 1.29 is 18.8 Å². The van der Waals surface area contributed by atoms with E-state index in [2.05, 4.69) is 10.1 Å². The molecule has 0 aliphatic heterocycles. The highest BCUT2D eigenvalue weighted by molar-refractivity contribution is 5.93. The van der Waals surface area contributed by atoms with Crippen LogP contribution in [0.3, 0.4) is 0 Å². The Morgan fingerprint density at radius 3 is 2.61 bits per heavy atom. The minimum absolute atomic E-state index is 0.0809. The third-order valence-corrected chi connectivity index (χ3v) is 3.23. The van der Waals surface area contributed by atoms with Gasteiger partial charge < -0.3 is 15.8 Å². The first-order valence-corrected chi connectivity index (χ1v) is 6.58. The van der Waals surface area contributed by atoms with Crippen LogP contribution in [0.15, 0.2) is 36.4 Å². The van der Waals surface area contributed by atoms with Crippen molar-refractivity contribution in [2.45, 2.75) is 6.54 Å². The first-order valence-electron chi connectivity index (χ1n) is 6.58. The number of carbonyl (C=O) groups excluding carboxylic acids is 1. The van der Waals surface area contributed by atoms with Crippen LogP contribution in [0.1, 0.15) is 15.9 Å². The molecule has 2 aromatic carbocycles. The van der Waals surface area contributed by atoms with E-state index in [-0.39, 0.29) is 17.7 Å². The van der Waals surface area contributed by atoms with Gasteiger partial charge in [0.2, 0.25) is 0 Å². The maximum Gasteiger partial charge on any atom is 0.338 e. The van der Waals surface area contributed by atoms with Crippen molar-refractivity contribution in [3.63, 3.8) is 0 Å². The van der Waals surface area contributed by atoms with E-state index in [1.807, 2.05) is 6.07 Å². The number of hydrogen-bond donors (Lipinski definition) is 2. The highest BCUT2D eigenvalue weighted by Crippen LogP contribution is 2.31. The molecule has 0 saturated heterocycles. The minimum Gasteiger partial charge on any atom is -0.465 e. The van der Waals surface area contributed by atoms with Crippen molar-refractivity contribution in [1.82, 2.24) is 0 Å². The SMILES string of the molecule is COC(=O)c1cc([N+](=O)[O-])c(N)c(F)c1CNc1ccccc1. The Morgan fingerprint density at radius 1 is 1.39 bits per heavy atom. The van der Waals surface area contributed by atoms with Crippen molar-refractivity contribution in [2.24, 2.45) is 0 Å². The van der Waals surface area contributed by atoms with E-state index in [0.29, 0.717) is 5.69 Å². The second kappa shape index (κ2) is 6.73. The van der Waals surface area contributed by atoms with Gasteiger partial charge in [-0.2, -0.15) is 0 Å². The number of anilines is 2. The number of para-hydroxylation sites is 1. The van der Waals surface area contributed by atoms with Crippen molar-refractivity contribution in [1.29, 1.82) is 0 Å². The molecule has 0 aromatic heterocycles. The number of nitro benzene ring substituents is 1. The Hall–Kier alpha value is -3.16. The van der Waals surface area contributed by atoms with Gasteiger partial charge in [-0.05, 0) is 12.1 Å². The minimum atomic E-state index is -1.01. The summed E-state index contributed by atoms with van der Waals surface area (Å²) >= 11 is 0. The van der Waals surface area contributed by atoms with Gasteiger partial charge in [-0.25, -0.2) is 9.18 Å². The second-order valence-electron chi connectivity index (χ2n) is 4.62. The first kappa shape index (κ1) is 16.2. The molecule has 0 saturated carbocycles. The molecule has 7 nitrogen and oxygen atoms in total. The molecule has 0 heterocycles. The van der Waals surface area contributed by atoms with Gasteiger partial charge in [-0.3, -0.25) is 10.1 Å². The number of rotatable bonds is 5. The lowest BCUT2D eigenvalue weighted by molar-refractivity contribution is -0.384. The topological polar surface area (TPSA) is 107 Å². The molecule has 2 rings (SSSR count). The van der Waals surface area contributed by atoms with Gasteiger partial charge >= 0.3 is 5.97 Å². The number of ether oxygens (including phenoxy) is 1. The summed E-state index contributed by atoms with van der Waals surface area (Å²) in [5.74, 6) is -1.89. The van der Waals surface area contributed by atoms with Crippen LogP contribution in [-0.4, -0.2) is 18.0 Å². The summed E-state index contributed by atoms with van der Waals surface area (Å²) in [4.78, 5) is 21.9. The maximum absolute atomic E-state index is 14.4. The molecule has 3 N–H and O–H groups in total. The monoisotopic (exact) mass is 319 g/mol. The molecular weight excluding hydrogens is 305 g/mol. The van der Waals surface area contributed by atoms with Gasteiger partial charge in [0, 0.05) is 23.9 Å². The number of nitrogens with two attached hydrogens (primary N) is 1. The van der Waals surface area contributed by atoms with Crippen LogP contribution >= 0.6 is 0 Å². The van der Waals surface area contributed by atoms with Crippen molar-refractivity contribution in [3.8, 4) is 0 Å². The van der Waals surface area contributed by atoms with Crippen LogP contribution < -0.4 is 11.1 Å². The molecule has 23 heavy (non-hydrogen) atoms. The van der Waals surface area contributed by atoms with Crippen molar-refractivity contribution in [2.75, 3.05) is 18.2 Å². The van der Waals surface area contributed by atoms with Crippen LogP contribution in [0.25, 0.3) is 0 Å². The van der Waals surface area contributed by atoms with E-state index >= 15 is 0 Å². The maximum atomic E-state index is 14.4. The fourth-order valence-electron chi connectivity index (χ4n) is 2.06. The van der Waals surface area contributed by atoms with Crippen LogP contribution in [0.2, 0.25) is 0 Å². The summed E-state index contributed by atoms with van der Waals surface area (Å²) in [5.41, 5.74) is 4.53. The van der Waals surface area contributed by atoms with Crippen molar-refractivity contribution >= 4 is 23.0 Å². The highest BCUT2D eigenvalue weighted by Gasteiger charge is 2.26. The number of hydrogen-bond acceptors (Lipinski definition) is 6. The summed E-state index contributed by atoms with van der Waals surface area (Å²) in [6, 6.07) is 9.81. The number of methoxy groups -OCH3 is 1. The number of esters is 1. The molecule has 120 valence electrons. The van der Waals surface area contributed by atoms with Gasteiger partial charge in [0.1, 0.15) is 5.69 Å². The highest BCUT2D eigenvalue weighted by atomic mass is 19.1. The normalized spacial score (nSPS) is 10.2. The van der Waals surface area contributed by atoms with E-state index in [1.165, 1.54) is 0 Å². The van der Waals surface area contributed by atoms with E-state index in [1.54, 1.807) is 24.3 Å². The molecular formula is C15H14FN3O4. The number of nitrogens with one attached hydrogen (secondary N) is 1. The number of nitrogens with zero attached hydrogens (tertiary/aromatic N) is 1. The van der Waals surface area contributed by atoms with Gasteiger partial charge in [0.15, 0.2) is 5.82 Å². The molecule has 8 heteroatoms. The van der Waals surface area contributed by atoms with Crippen LogP contribution in [0, 0.1) is 15.9 Å². The standard InChI is InChI=1S/C15H14FN3O4/c1-23-15(20)10-7-12(19(21)22)14(17)13(16)11(10)8-18-9-5-3-2-4-6-9/h2-7,18H,8,17H2,1H3. The molecule has 0 aliphatic carbocycles. The molecule has 0 aliphatic rings. The Kier molecular flexibility index (Phi) is 4.75. The largest absolute Gasteiger partial charge is 0.465 e. The van der Waals surface area contributed by atoms with Crippen LogP contribution in [-0.2, 0) is 11.3 Å². The predicted molar refractivity (Wildman–Crippen MR) is 82.6 cm³/mol. The fourth-order valence-corrected chi connectivity index (χ4v) is 2.06. The molecule has 0 fully saturated rings. The van der Waals surface area contributed by atoms with E-state index in [9.17, 15) is 19.3 Å². The van der Waals surface area contributed by atoms with Gasteiger partial charge in [0.25, 0.3) is 5.69 Å². The molecule has 0 radical (unpaired) electrons. The summed E-state index contributed by atoms with van der Waals surface area (Å²) in [6.45, 7) is -0.0809. The van der Waals surface area contributed by atoms with Crippen LogP contribution in [0.5, 0.6) is 0 Å². The molecule has 0 unspecified atom stereocenters. The molecule has 2 aromatic rings. The summed E-state index contributed by atoms with van der Waals surface area (Å²) in [5, 5.41) is 13.8. The summed E-state index contributed by atoms with van der Waals surface area (Å²) < 4.78 is 19.0. The summed E-state index contributed by atoms with van der Waals surface area (Å²) in [7, 11) is 1.11. The van der Waals surface area contributed by atoms with Gasteiger partial charge in [0.05, 0.1) is 17.6 Å². The number of nitrogen functional groups attached to an aromatic ring is 1. The van der Waals surface area contributed by atoms with Gasteiger partial charge in [-0.15, -0.1) is 0 Å². The fraction of sp³-hybridized carbons (Fsp3) is 0.133. The second-order valence-corrected chi connectivity index (χ2v) is 4.62. The van der Waals surface area contributed by atoms with Crippen molar-refractivity contribution in [3.05, 3.63) is 63.5 Å². The quantitative estimate of drug-likeness (QED) is 0.380. The average molecular weight is 319 g/mol. The number of benzene rings is 2. The predicted octanol–water partition coefficient (Wildman–Crippen LogP) is 2.71. The Morgan fingerprint density at radius 2 is 2.04 bits per heavy atom. The van der Waals surface area contributed by atoms with Gasteiger partial charge in [-0.1, -0.05) is 18.2 Å². The molecule has 0 atom stereocenters. The third-order valence-electron chi connectivity index (χ3n) is 3.23. The zero-order chi connectivity index (χ0) is 17.0. The molecule has 0 bridgehead atoms. The van der Waals surface area contributed by atoms with E-state index < -0.39 is 28.1 Å². The first-order chi connectivity index (χ1) is 11.0. The molecule has 0 spiro atoms. The lowest BCUT2D eigenvalue weighted by Crippen LogP contribution is -2.14. The average Bonchev–Trinajstić information content (AvgIpc) is 2.56.